The molecule has 0 spiro atoms. The van der Waals surface area contributed by atoms with Crippen LogP contribution in [0, 0.1) is 0 Å². The van der Waals surface area contributed by atoms with Crippen molar-refractivity contribution in [3.63, 3.8) is 0 Å². The summed E-state index contributed by atoms with van der Waals surface area (Å²) in [4.78, 5) is 12.2. The van der Waals surface area contributed by atoms with Gasteiger partial charge in [-0.05, 0) is 25.0 Å². The van der Waals surface area contributed by atoms with E-state index in [1.807, 2.05) is 6.92 Å². The highest BCUT2D eigenvalue weighted by atomic mass is 35.5. The molecular formula is C14H20ClNO3. The Balaban J connectivity index is 2.75. The minimum atomic E-state index is -0.214. The van der Waals surface area contributed by atoms with Gasteiger partial charge in [-0.15, -0.1) is 11.6 Å². The molecule has 0 saturated heterocycles. The fourth-order valence-corrected chi connectivity index (χ4v) is 1.82. The van der Waals surface area contributed by atoms with Crippen LogP contribution in [-0.2, 0) is 0 Å². The van der Waals surface area contributed by atoms with Crippen molar-refractivity contribution in [3.05, 3.63) is 23.8 Å². The first-order chi connectivity index (χ1) is 9.13. The van der Waals surface area contributed by atoms with Crippen molar-refractivity contribution in [3.8, 4) is 11.5 Å². The predicted octanol–water partition coefficient (Wildman–Crippen LogP) is 2.84. The number of carbonyl (C=O) groups is 1. The third kappa shape index (κ3) is 4.31. The van der Waals surface area contributed by atoms with Crippen molar-refractivity contribution in [1.82, 2.24) is 5.32 Å². The van der Waals surface area contributed by atoms with Gasteiger partial charge >= 0.3 is 0 Å². The van der Waals surface area contributed by atoms with Crippen LogP contribution < -0.4 is 14.8 Å². The monoisotopic (exact) mass is 285 g/mol. The first-order valence-electron chi connectivity index (χ1n) is 6.27. The van der Waals surface area contributed by atoms with Gasteiger partial charge in [0.2, 0.25) is 0 Å². The Bertz CT molecular complexity index is 401. The minimum Gasteiger partial charge on any atom is -0.496 e. The van der Waals surface area contributed by atoms with Gasteiger partial charge in [-0.2, -0.15) is 0 Å². The van der Waals surface area contributed by atoms with E-state index in [0.29, 0.717) is 23.6 Å². The summed E-state index contributed by atoms with van der Waals surface area (Å²) in [6.07, 6.45) is 1.62. The average molecular weight is 286 g/mol. The van der Waals surface area contributed by atoms with Gasteiger partial charge in [0.15, 0.2) is 0 Å². The van der Waals surface area contributed by atoms with Gasteiger partial charge in [-0.3, -0.25) is 4.79 Å². The maximum Gasteiger partial charge on any atom is 0.258 e. The number of alkyl halides is 1. The maximum atomic E-state index is 12.2. The molecule has 1 rings (SSSR count). The molecule has 0 fully saturated rings. The Morgan fingerprint density at radius 1 is 1.32 bits per heavy atom. The van der Waals surface area contributed by atoms with E-state index in [1.165, 1.54) is 14.2 Å². The number of benzene rings is 1. The number of carbonyl (C=O) groups excluding carboxylic acids is 1. The smallest absolute Gasteiger partial charge is 0.258 e. The van der Waals surface area contributed by atoms with Gasteiger partial charge in [0.05, 0.1) is 14.2 Å². The van der Waals surface area contributed by atoms with E-state index in [-0.39, 0.29) is 11.3 Å². The summed E-state index contributed by atoms with van der Waals surface area (Å²) in [6.45, 7) is 2.55. The van der Waals surface area contributed by atoms with Crippen molar-refractivity contribution in [2.45, 2.75) is 25.1 Å². The second-order valence-corrected chi connectivity index (χ2v) is 4.70. The molecule has 1 unspecified atom stereocenters. The molecule has 0 radical (unpaired) electrons. The van der Waals surface area contributed by atoms with Crippen molar-refractivity contribution >= 4 is 17.5 Å². The van der Waals surface area contributed by atoms with E-state index in [4.69, 9.17) is 21.1 Å². The number of methoxy groups -OCH3 is 2. The molecule has 0 heterocycles. The molecule has 0 bridgehead atoms. The number of nitrogens with one attached hydrogen (secondary N) is 1. The van der Waals surface area contributed by atoms with E-state index in [2.05, 4.69) is 5.32 Å². The van der Waals surface area contributed by atoms with Crippen LogP contribution in [0.5, 0.6) is 11.5 Å². The second kappa shape index (κ2) is 7.89. The topological polar surface area (TPSA) is 47.6 Å². The molecule has 1 aromatic rings. The quantitative estimate of drug-likeness (QED) is 0.784. The maximum absolute atomic E-state index is 12.2. The van der Waals surface area contributed by atoms with Gasteiger partial charge in [-0.25, -0.2) is 0 Å². The largest absolute Gasteiger partial charge is 0.496 e. The highest BCUT2D eigenvalue weighted by Crippen LogP contribution is 2.27. The number of hydrogen-bond acceptors (Lipinski definition) is 3. The van der Waals surface area contributed by atoms with E-state index >= 15 is 0 Å². The van der Waals surface area contributed by atoms with E-state index in [0.717, 1.165) is 12.8 Å². The molecule has 1 amide bonds. The molecule has 0 aliphatic carbocycles. The Hall–Kier alpha value is -1.42. The predicted molar refractivity (Wildman–Crippen MR) is 76.4 cm³/mol. The van der Waals surface area contributed by atoms with Gasteiger partial charge in [0.1, 0.15) is 17.1 Å². The molecule has 0 aromatic heterocycles. The van der Waals surface area contributed by atoms with Crippen LogP contribution in [0.25, 0.3) is 0 Å². The summed E-state index contributed by atoms with van der Waals surface area (Å²) in [5.41, 5.74) is 0.412. The van der Waals surface area contributed by atoms with Crippen LogP contribution in [0.1, 0.15) is 30.1 Å². The molecule has 1 aromatic carbocycles. The lowest BCUT2D eigenvalue weighted by atomic mass is 10.1. The first-order valence-corrected chi connectivity index (χ1v) is 6.70. The van der Waals surface area contributed by atoms with Crippen molar-refractivity contribution in [2.24, 2.45) is 0 Å². The number of hydrogen-bond donors (Lipinski definition) is 1. The summed E-state index contributed by atoms with van der Waals surface area (Å²) in [7, 11) is 3.05. The summed E-state index contributed by atoms with van der Waals surface area (Å²) in [5.74, 6) is 0.777. The fourth-order valence-electron chi connectivity index (χ4n) is 1.71. The van der Waals surface area contributed by atoms with Gasteiger partial charge in [-0.1, -0.05) is 13.0 Å². The average Bonchev–Trinajstić information content (AvgIpc) is 2.45. The SMILES string of the molecule is CCC(Cl)CCNC(=O)c1c(OC)cccc1OC. The van der Waals surface area contributed by atoms with Crippen molar-refractivity contribution in [2.75, 3.05) is 20.8 Å². The molecular weight excluding hydrogens is 266 g/mol. The second-order valence-electron chi connectivity index (χ2n) is 4.09. The van der Waals surface area contributed by atoms with Crippen LogP contribution in [0.4, 0.5) is 0 Å². The number of amides is 1. The molecule has 5 heteroatoms. The number of ether oxygens (including phenoxy) is 2. The van der Waals surface area contributed by atoms with Crippen LogP contribution in [-0.4, -0.2) is 32.0 Å². The number of halogens is 1. The fraction of sp³-hybridized carbons (Fsp3) is 0.500. The Morgan fingerprint density at radius 2 is 1.89 bits per heavy atom. The Kier molecular flexibility index (Phi) is 6.50. The molecule has 106 valence electrons. The van der Waals surface area contributed by atoms with Gasteiger partial charge in [0.25, 0.3) is 5.91 Å². The summed E-state index contributed by atoms with van der Waals surface area (Å²) < 4.78 is 10.4. The lowest BCUT2D eigenvalue weighted by Gasteiger charge is -2.13. The Labute approximate surface area is 119 Å². The lowest BCUT2D eigenvalue weighted by molar-refractivity contribution is 0.0947. The Morgan fingerprint density at radius 3 is 2.37 bits per heavy atom. The third-order valence-corrected chi connectivity index (χ3v) is 3.37. The zero-order chi connectivity index (χ0) is 14.3. The van der Waals surface area contributed by atoms with Gasteiger partial charge < -0.3 is 14.8 Å². The molecule has 4 nitrogen and oxygen atoms in total. The van der Waals surface area contributed by atoms with Crippen LogP contribution in [0.3, 0.4) is 0 Å². The summed E-state index contributed by atoms with van der Waals surface area (Å²) in [6, 6.07) is 5.24. The third-order valence-electron chi connectivity index (χ3n) is 2.84. The summed E-state index contributed by atoms with van der Waals surface area (Å²) >= 11 is 6.01. The van der Waals surface area contributed by atoms with Crippen LogP contribution in [0.2, 0.25) is 0 Å². The van der Waals surface area contributed by atoms with Gasteiger partial charge in [0, 0.05) is 11.9 Å². The van der Waals surface area contributed by atoms with Crippen molar-refractivity contribution in [1.29, 1.82) is 0 Å². The highest BCUT2D eigenvalue weighted by molar-refractivity contribution is 6.20. The molecule has 19 heavy (non-hydrogen) atoms. The van der Waals surface area contributed by atoms with E-state index in [9.17, 15) is 4.79 Å². The van der Waals surface area contributed by atoms with E-state index in [1.54, 1.807) is 18.2 Å². The highest BCUT2D eigenvalue weighted by Gasteiger charge is 2.17. The number of rotatable bonds is 7. The van der Waals surface area contributed by atoms with E-state index < -0.39 is 0 Å². The molecule has 1 N–H and O–H groups in total. The standard InChI is InChI=1S/C14H20ClNO3/c1-4-10(15)8-9-16-14(17)13-11(18-2)6-5-7-12(13)19-3/h5-7,10H,4,8-9H2,1-3H3,(H,16,17). The van der Waals surface area contributed by atoms with Crippen LogP contribution in [0.15, 0.2) is 18.2 Å². The molecule has 1 atom stereocenters. The first kappa shape index (κ1) is 15.6. The normalized spacial score (nSPS) is 11.8. The molecule has 0 aliphatic rings. The minimum absolute atomic E-state index is 0.0832. The zero-order valence-electron chi connectivity index (χ0n) is 11.5. The molecule has 0 saturated carbocycles. The zero-order valence-corrected chi connectivity index (χ0v) is 12.3. The lowest BCUT2D eigenvalue weighted by Crippen LogP contribution is -2.27. The van der Waals surface area contributed by atoms with Crippen LogP contribution >= 0.6 is 11.6 Å². The van der Waals surface area contributed by atoms with Crippen molar-refractivity contribution < 1.29 is 14.3 Å². The summed E-state index contributed by atoms with van der Waals surface area (Å²) in [5, 5.41) is 2.91. The molecule has 0 aliphatic heterocycles.